The Kier molecular flexibility index (Phi) is 7.54. The summed E-state index contributed by atoms with van der Waals surface area (Å²) in [5.74, 6) is -1.01. The average molecular weight is 416 g/mol. The molecule has 0 heterocycles. The second kappa shape index (κ2) is 10.7. The quantitative estimate of drug-likeness (QED) is 0.553. The lowest BCUT2D eigenvalue weighted by molar-refractivity contribution is -0.123. The molecule has 31 heavy (non-hydrogen) atoms. The summed E-state index contributed by atoms with van der Waals surface area (Å²) in [6, 6.07) is 24.4. The summed E-state index contributed by atoms with van der Waals surface area (Å²) in [5.41, 5.74) is 2.70. The summed E-state index contributed by atoms with van der Waals surface area (Å²) in [7, 11) is 1.33. The maximum absolute atomic E-state index is 12.9. The molecule has 0 aromatic heterocycles. The van der Waals surface area contributed by atoms with Gasteiger partial charge in [0.05, 0.1) is 12.7 Å². The van der Waals surface area contributed by atoms with E-state index in [9.17, 15) is 14.4 Å². The molecule has 0 bridgehead atoms. The topological polar surface area (TPSA) is 84.5 Å². The molecule has 2 amide bonds. The van der Waals surface area contributed by atoms with Gasteiger partial charge in [-0.05, 0) is 35.4 Å². The zero-order valence-corrected chi connectivity index (χ0v) is 17.2. The number of ether oxygens (including phenoxy) is 1. The van der Waals surface area contributed by atoms with E-state index in [1.54, 1.807) is 48.5 Å². The van der Waals surface area contributed by atoms with Gasteiger partial charge in [0.25, 0.3) is 5.91 Å². The van der Waals surface area contributed by atoms with Crippen LogP contribution in [0.4, 0.5) is 0 Å². The number of amides is 2. The maximum atomic E-state index is 12.9. The lowest BCUT2D eigenvalue weighted by Gasteiger charge is -2.19. The molecule has 6 nitrogen and oxygen atoms in total. The van der Waals surface area contributed by atoms with E-state index in [2.05, 4.69) is 15.4 Å². The fraction of sp³-hybridized carbons (Fsp3) is 0.160. The second-order valence-corrected chi connectivity index (χ2v) is 6.99. The van der Waals surface area contributed by atoms with Crippen LogP contribution in [0.1, 0.15) is 31.8 Å². The summed E-state index contributed by atoms with van der Waals surface area (Å²) < 4.78 is 4.69. The Bertz CT molecular complexity index is 1020. The minimum Gasteiger partial charge on any atom is -0.465 e. The van der Waals surface area contributed by atoms with E-state index in [0.717, 1.165) is 11.1 Å². The molecule has 158 valence electrons. The average Bonchev–Trinajstić information content (AvgIpc) is 2.83. The number of hydrogen-bond acceptors (Lipinski definition) is 4. The lowest BCUT2D eigenvalue weighted by Crippen LogP contribution is -2.47. The van der Waals surface area contributed by atoms with Crippen LogP contribution < -0.4 is 10.6 Å². The van der Waals surface area contributed by atoms with Crippen LogP contribution in [0, 0.1) is 0 Å². The number of methoxy groups -OCH3 is 1. The highest BCUT2D eigenvalue weighted by Crippen LogP contribution is 2.08. The molecule has 0 saturated carbocycles. The summed E-state index contributed by atoms with van der Waals surface area (Å²) in [6.45, 7) is 0.271. The molecule has 0 aliphatic rings. The molecule has 0 aliphatic heterocycles. The molecule has 0 saturated heterocycles. The van der Waals surface area contributed by atoms with Gasteiger partial charge < -0.3 is 15.4 Å². The molecule has 3 rings (SSSR count). The van der Waals surface area contributed by atoms with Crippen LogP contribution in [-0.2, 0) is 22.5 Å². The SMILES string of the molecule is COC(=O)c1ccc(CNC(=O)[C@H](Cc2ccccc2)NC(=O)c2ccccc2)cc1. The van der Waals surface area contributed by atoms with Crippen LogP contribution in [0.15, 0.2) is 84.9 Å². The number of carbonyl (C=O) groups excluding carboxylic acids is 3. The normalized spacial score (nSPS) is 11.3. The molecule has 0 spiro atoms. The Hall–Kier alpha value is -3.93. The summed E-state index contributed by atoms with van der Waals surface area (Å²) >= 11 is 0. The fourth-order valence-electron chi connectivity index (χ4n) is 3.08. The van der Waals surface area contributed by atoms with Crippen LogP contribution in [0.25, 0.3) is 0 Å². The second-order valence-electron chi connectivity index (χ2n) is 6.99. The van der Waals surface area contributed by atoms with E-state index in [0.29, 0.717) is 17.5 Å². The molecule has 3 aromatic carbocycles. The van der Waals surface area contributed by atoms with Gasteiger partial charge in [0.2, 0.25) is 5.91 Å². The van der Waals surface area contributed by atoms with Gasteiger partial charge in [-0.25, -0.2) is 4.79 Å². The van der Waals surface area contributed by atoms with Gasteiger partial charge in [0, 0.05) is 18.5 Å². The van der Waals surface area contributed by atoms with Crippen molar-refractivity contribution in [2.75, 3.05) is 7.11 Å². The van der Waals surface area contributed by atoms with Crippen molar-refractivity contribution in [3.05, 3.63) is 107 Å². The molecule has 0 radical (unpaired) electrons. The van der Waals surface area contributed by atoms with Crippen molar-refractivity contribution in [2.45, 2.75) is 19.0 Å². The molecule has 3 aromatic rings. The van der Waals surface area contributed by atoms with Crippen molar-refractivity contribution in [3.63, 3.8) is 0 Å². The van der Waals surface area contributed by atoms with E-state index in [1.807, 2.05) is 36.4 Å². The highest BCUT2D eigenvalue weighted by atomic mass is 16.5. The first-order chi connectivity index (χ1) is 15.1. The van der Waals surface area contributed by atoms with Gasteiger partial charge in [-0.2, -0.15) is 0 Å². The Morgan fingerprint density at radius 3 is 2.00 bits per heavy atom. The van der Waals surface area contributed by atoms with E-state index < -0.39 is 12.0 Å². The van der Waals surface area contributed by atoms with Crippen molar-refractivity contribution < 1.29 is 19.1 Å². The Labute approximate surface area is 181 Å². The van der Waals surface area contributed by atoms with Crippen LogP contribution in [-0.4, -0.2) is 30.9 Å². The molecule has 0 aliphatic carbocycles. The first-order valence-corrected chi connectivity index (χ1v) is 9.91. The smallest absolute Gasteiger partial charge is 0.337 e. The van der Waals surface area contributed by atoms with E-state index in [4.69, 9.17) is 0 Å². The molecule has 1 atom stereocenters. The van der Waals surface area contributed by atoms with Crippen molar-refractivity contribution in [1.82, 2.24) is 10.6 Å². The third-order valence-electron chi connectivity index (χ3n) is 4.78. The van der Waals surface area contributed by atoms with Crippen LogP contribution in [0.2, 0.25) is 0 Å². The van der Waals surface area contributed by atoms with Crippen molar-refractivity contribution in [1.29, 1.82) is 0 Å². The lowest BCUT2D eigenvalue weighted by atomic mass is 10.0. The molecule has 2 N–H and O–H groups in total. The van der Waals surface area contributed by atoms with E-state index in [1.165, 1.54) is 7.11 Å². The van der Waals surface area contributed by atoms with Gasteiger partial charge in [-0.15, -0.1) is 0 Å². The van der Waals surface area contributed by atoms with Crippen LogP contribution in [0.3, 0.4) is 0 Å². The number of esters is 1. The minimum absolute atomic E-state index is 0.271. The third-order valence-corrected chi connectivity index (χ3v) is 4.78. The summed E-state index contributed by atoms with van der Waals surface area (Å²) in [6.07, 6.45) is 0.368. The molecule has 6 heteroatoms. The standard InChI is InChI=1S/C25H24N2O4/c1-31-25(30)21-14-12-19(13-15-21)17-26-24(29)22(16-18-8-4-2-5-9-18)27-23(28)20-10-6-3-7-11-20/h2-15,22H,16-17H2,1H3,(H,26,29)(H,27,28)/t22-/m0/s1. The maximum Gasteiger partial charge on any atom is 0.337 e. The minimum atomic E-state index is -0.732. The number of benzene rings is 3. The number of hydrogen-bond donors (Lipinski definition) is 2. The predicted octanol–water partition coefficient (Wildman–Crippen LogP) is 3.13. The fourth-order valence-corrected chi connectivity index (χ4v) is 3.08. The van der Waals surface area contributed by atoms with Gasteiger partial charge in [0.1, 0.15) is 6.04 Å². The van der Waals surface area contributed by atoms with E-state index >= 15 is 0 Å². The Morgan fingerprint density at radius 2 is 1.39 bits per heavy atom. The molecular formula is C25H24N2O4. The van der Waals surface area contributed by atoms with Crippen molar-refractivity contribution >= 4 is 17.8 Å². The van der Waals surface area contributed by atoms with Gasteiger partial charge >= 0.3 is 5.97 Å². The Balaban J connectivity index is 1.68. The number of nitrogens with one attached hydrogen (secondary N) is 2. The number of carbonyl (C=O) groups is 3. The molecule has 0 unspecified atom stereocenters. The predicted molar refractivity (Wildman–Crippen MR) is 117 cm³/mol. The largest absolute Gasteiger partial charge is 0.465 e. The van der Waals surface area contributed by atoms with Crippen molar-refractivity contribution in [2.24, 2.45) is 0 Å². The van der Waals surface area contributed by atoms with Gasteiger partial charge in [-0.3, -0.25) is 9.59 Å². The van der Waals surface area contributed by atoms with Crippen LogP contribution >= 0.6 is 0 Å². The molecular weight excluding hydrogens is 392 g/mol. The Morgan fingerprint density at radius 1 is 0.774 bits per heavy atom. The first-order valence-electron chi connectivity index (χ1n) is 9.91. The zero-order valence-electron chi connectivity index (χ0n) is 17.2. The molecule has 0 fully saturated rings. The first kappa shape index (κ1) is 21.8. The highest BCUT2D eigenvalue weighted by molar-refractivity contribution is 5.97. The van der Waals surface area contributed by atoms with E-state index in [-0.39, 0.29) is 18.4 Å². The van der Waals surface area contributed by atoms with Crippen LogP contribution in [0.5, 0.6) is 0 Å². The van der Waals surface area contributed by atoms with Gasteiger partial charge in [-0.1, -0.05) is 60.7 Å². The highest BCUT2D eigenvalue weighted by Gasteiger charge is 2.21. The summed E-state index contributed by atoms with van der Waals surface area (Å²) in [5, 5.41) is 5.71. The van der Waals surface area contributed by atoms with Gasteiger partial charge in [0.15, 0.2) is 0 Å². The number of rotatable bonds is 8. The van der Waals surface area contributed by atoms with Crippen molar-refractivity contribution in [3.8, 4) is 0 Å². The summed E-state index contributed by atoms with van der Waals surface area (Å²) in [4.78, 5) is 37.1. The third kappa shape index (κ3) is 6.27. The monoisotopic (exact) mass is 416 g/mol. The zero-order chi connectivity index (χ0) is 22.1.